The molecule has 2 aromatic rings. The average Bonchev–Trinajstić information content (AvgIpc) is 2.74. The minimum atomic E-state index is -4.87. The summed E-state index contributed by atoms with van der Waals surface area (Å²) in [7, 11) is 0. The Kier molecular flexibility index (Phi) is 2.86. The number of carboxylic acids is 1. The molecular weight excluding hydrogens is 249 g/mol. The molecule has 0 aliphatic heterocycles. The van der Waals surface area contributed by atoms with Gasteiger partial charge in [-0.15, -0.1) is 0 Å². The zero-order chi connectivity index (χ0) is 13.3. The number of rotatable bonds is 2. The van der Waals surface area contributed by atoms with Gasteiger partial charge in [-0.25, -0.2) is 0 Å². The van der Waals surface area contributed by atoms with E-state index in [-0.39, 0.29) is 5.76 Å². The predicted molar refractivity (Wildman–Crippen MR) is 53.5 cm³/mol. The number of furan rings is 1. The molecule has 1 heterocycles. The second-order valence-electron chi connectivity index (χ2n) is 3.50. The Bertz CT molecular complexity index is 570. The molecule has 0 aliphatic rings. The third kappa shape index (κ3) is 2.22. The number of carbonyl (C=O) groups excluding carboxylic acids is 1. The van der Waals surface area contributed by atoms with Crippen LogP contribution in [0.25, 0.3) is 11.3 Å². The van der Waals surface area contributed by atoms with E-state index in [1.165, 1.54) is 12.1 Å². The number of aromatic carboxylic acids is 1. The van der Waals surface area contributed by atoms with Crippen LogP contribution in [0.15, 0.2) is 40.8 Å². The van der Waals surface area contributed by atoms with E-state index < -0.39 is 23.5 Å². The maximum atomic E-state index is 12.6. The van der Waals surface area contributed by atoms with Gasteiger partial charge in [-0.05, 0) is 6.07 Å². The highest BCUT2D eigenvalue weighted by atomic mass is 19.4. The number of carbonyl (C=O) groups is 1. The summed E-state index contributed by atoms with van der Waals surface area (Å²) < 4.78 is 42.2. The first-order valence-corrected chi connectivity index (χ1v) is 4.87. The van der Waals surface area contributed by atoms with E-state index in [1.807, 2.05) is 0 Å². The smallest absolute Gasteiger partial charge is 0.450 e. The summed E-state index contributed by atoms with van der Waals surface area (Å²) in [6, 6.07) is 8.72. The lowest BCUT2D eigenvalue weighted by atomic mass is 10.1. The summed E-state index contributed by atoms with van der Waals surface area (Å²) >= 11 is 0. The summed E-state index contributed by atoms with van der Waals surface area (Å²) in [5, 5.41) is 10.6. The van der Waals surface area contributed by atoms with Crippen LogP contribution in [0.1, 0.15) is 16.1 Å². The molecule has 0 spiro atoms. The zero-order valence-corrected chi connectivity index (χ0v) is 8.82. The monoisotopic (exact) mass is 255 g/mol. The lowest BCUT2D eigenvalue weighted by Gasteiger charge is -2.05. The molecule has 0 amide bonds. The Balaban J connectivity index is 2.57. The molecule has 0 radical (unpaired) electrons. The van der Waals surface area contributed by atoms with Crippen molar-refractivity contribution in [3.05, 3.63) is 47.7 Å². The summed E-state index contributed by atoms with van der Waals surface area (Å²) in [5.41, 5.74) is -0.642. The second kappa shape index (κ2) is 4.21. The molecule has 3 nitrogen and oxygen atoms in total. The highest BCUT2D eigenvalue weighted by molar-refractivity contribution is 5.89. The Morgan fingerprint density at radius 1 is 1.17 bits per heavy atom. The molecule has 0 saturated carbocycles. The Labute approximate surface area is 99.5 Å². The summed E-state index contributed by atoms with van der Waals surface area (Å²) in [5.74, 6) is -3.64. The SMILES string of the molecule is O=C([O-])c1cc(-c2ccccc2)oc1C(F)(F)F. The molecule has 2 rings (SSSR count). The van der Waals surface area contributed by atoms with Gasteiger partial charge in [0.1, 0.15) is 5.76 Å². The number of carboxylic acid groups (broad SMARTS) is 1. The third-order valence-corrected chi connectivity index (χ3v) is 2.27. The lowest BCUT2D eigenvalue weighted by Crippen LogP contribution is -2.24. The van der Waals surface area contributed by atoms with Gasteiger partial charge in [0.05, 0.1) is 5.97 Å². The normalized spacial score (nSPS) is 11.5. The molecule has 1 aromatic carbocycles. The van der Waals surface area contributed by atoms with E-state index in [0.717, 1.165) is 6.07 Å². The van der Waals surface area contributed by atoms with Crippen LogP contribution in [0.4, 0.5) is 13.2 Å². The van der Waals surface area contributed by atoms with Crippen LogP contribution >= 0.6 is 0 Å². The van der Waals surface area contributed by atoms with E-state index in [1.54, 1.807) is 18.2 Å². The van der Waals surface area contributed by atoms with Crippen LogP contribution in [0.5, 0.6) is 0 Å². The van der Waals surface area contributed by atoms with Gasteiger partial charge in [0, 0.05) is 11.1 Å². The maximum absolute atomic E-state index is 12.6. The van der Waals surface area contributed by atoms with E-state index >= 15 is 0 Å². The molecule has 0 saturated heterocycles. The Hall–Kier alpha value is -2.24. The predicted octanol–water partition coefficient (Wildman–Crippen LogP) is 2.33. The van der Waals surface area contributed by atoms with Crippen molar-refractivity contribution in [1.82, 2.24) is 0 Å². The standard InChI is InChI=1S/C12H7F3O3/c13-12(14,15)10-8(11(16)17)6-9(18-10)7-4-2-1-3-5-7/h1-6H,(H,16,17)/p-1. The zero-order valence-electron chi connectivity index (χ0n) is 8.82. The molecule has 0 bridgehead atoms. The molecule has 0 N–H and O–H groups in total. The molecule has 0 aliphatic carbocycles. The topological polar surface area (TPSA) is 53.3 Å². The molecule has 94 valence electrons. The molecule has 0 fully saturated rings. The van der Waals surface area contributed by atoms with Crippen LogP contribution < -0.4 is 5.11 Å². The number of hydrogen-bond acceptors (Lipinski definition) is 3. The van der Waals surface area contributed by atoms with Crippen molar-refractivity contribution in [3.63, 3.8) is 0 Å². The molecule has 18 heavy (non-hydrogen) atoms. The quantitative estimate of drug-likeness (QED) is 0.827. The minimum absolute atomic E-state index is 0.165. The van der Waals surface area contributed by atoms with Gasteiger partial charge in [-0.2, -0.15) is 13.2 Å². The van der Waals surface area contributed by atoms with Crippen molar-refractivity contribution in [3.8, 4) is 11.3 Å². The molecular formula is C12H6F3O3-. The molecule has 0 atom stereocenters. The van der Waals surface area contributed by atoms with Crippen LogP contribution in [0, 0.1) is 0 Å². The number of alkyl halides is 3. The summed E-state index contributed by atoms with van der Waals surface area (Å²) in [4.78, 5) is 10.6. The first-order chi connectivity index (χ1) is 8.39. The molecule has 1 aromatic heterocycles. The van der Waals surface area contributed by atoms with E-state index in [9.17, 15) is 23.1 Å². The fourth-order valence-corrected chi connectivity index (χ4v) is 1.50. The maximum Gasteiger partial charge on any atom is 0.450 e. The Morgan fingerprint density at radius 3 is 2.22 bits per heavy atom. The lowest BCUT2D eigenvalue weighted by molar-refractivity contribution is -0.256. The number of hydrogen-bond donors (Lipinski definition) is 0. The number of halogens is 3. The van der Waals surface area contributed by atoms with Gasteiger partial charge >= 0.3 is 6.18 Å². The highest BCUT2D eigenvalue weighted by Gasteiger charge is 2.38. The molecule has 6 heteroatoms. The summed E-state index contributed by atoms with van der Waals surface area (Å²) in [6.07, 6.45) is -4.87. The van der Waals surface area contributed by atoms with Gasteiger partial charge in [0.2, 0.25) is 5.76 Å². The fourth-order valence-electron chi connectivity index (χ4n) is 1.50. The first-order valence-electron chi connectivity index (χ1n) is 4.87. The van der Waals surface area contributed by atoms with Gasteiger partial charge in [0.25, 0.3) is 0 Å². The highest BCUT2D eigenvalue weighted by Crippen LogP contribution is 2.36. The van der Waals surface area contributed by atoms with Gasteiger partial charge in [0.15, 0.2) is 0 Å². The van der Waals surface area contributed by atoms with Crippen LogP contribution in [0.2, 0.25) is 0 Å². The van der Waals surface area contributed by atoms with Crippen molar-refractivity contribution in [1.29, 1.82) is 0 Å². The third-order valence-electron chi connectivity index (χ3n) is 2.27. The van der Waals surface area contributed by atoms with Crippen molar-refractivity contribution in [2.45, 2.75) is 6.18 Å². The van der Waals surface area contributed by atoms with E-state index in [2.05, 4.69) is 4.42 Å². The van der Waals surface area contributed by atoms with Crippen LogP contribution in [0.3, 0.4) is 0 Å². The van der Waals surface area contributed by atoms with Crippen molar-refractivity contribution in [2.75, 3.05) is 0 Å². The average molecular weight is 255 g/mol. The fraction of sp³-hybridized carbons (Fsp3) is 0.0833. The van der Waals surface area contributed by atoms with E-state index in [4.69, 9.17) is 0 Å². The van der Waals surface area contributed by atoms with Crippen molar-refractivity contribution >= 4 is 5.97 Å². The van der Waals surface area contributed by atoms with Gasteiger partial charge in [-0.3, -0.25) is 0 Å². The van der Waals surface area contributed by atoms with Crippen LogP contribution in [-0.2, 0) is 6.18 Å². The second-order valence-corrected chi connectivity index (χ2v) is 3.50. The minimum Gasteiger partial charge on any atom is -0.545 e. The molecule has 0 unspecified atom stereocenters. The Morgan fingerprint density at radius 2 is 1.78 bits per heavy atom. The van der Waals surface area contributed by atoms with Gasteiger partial charge in [-0.1, -0.05) is 30.3 Å². The van der Waals surface area contributed by atoms with E-state index in [0.29, 0.717) is 5.56 Å². The first kappa shape index (κ1) is 12.2. The van der Waals surface area contributed by atoms with Gasteiger partial charge < -0.3 is 14.3 Å². The van der Waals surface area contributed by atoms with Crippen molar-refractivity contribution in [2.24, 2.45) is 0 Å². The summed E-state index contributed by atoms with van der Waals surface area (Å²) in [6.45, 7) is 0. The van der Waals surface area contributed by atoms with Crippen molar-refractivity contribution < 1.29 is 27.5 Å². The largest absolute Gasteiger partial charge is 0.545 e. The van der Waals surface area contributed by atoms with Crippen LogP contribution in [-0.4, -0.2) is 5.97 Å². The number of benzene rings is 1.